The van der Waals surface area contributed by atoms with Gasteiger partial charge in [0.05, 0.1) is 5.56 Å². The Morgan fingerprint density at radius 1 is 0.929 bits per heavy atom. The third-order valence-corrected chi connectivity index (χ3v) is 3.83. The van der Waals surface area contributed by atoms with Gasteiger partial charge in [0, 0.05) is 18.0 Å². The van der Waals surface area contributed by atoms with E-state index in [2.05, 4.69) is 27.0 Å². The smallest absolute Gasteiger partial charge is 0.294 e. The summed E-state index contributed by atoms with van der Waals surface area (Å²) in [5.74, 6) is 6.56. The standard InChI is InChI=1S/C22H14FN3O2/c23-18-10-7-17(8-11-18)15-27-20-6-2-1-5-19(20)22-26-25-21(28-22)12-9-16-4-3-13-24-14-16/h1-8,10-11,13-14H,15H2. The summed E-state index contributed by atoms with van der Waals surface area (Å²) in [7, 11) is 0. The van der Waals surface area contributed by atoms with Crippen LogP contribution >= 0.6 is 0 Å². The first-order chi connectivity index (χ1) is 13.8. The molecule has 0 aliphatic carbocycles. The minimum atomic E-state index is -0.282. The van der Waals surface area contributed by atoms with Crippen molar-refractivity contribution in [2.24, 2.45) is 0 Å². The molecule has 0 radical (unpaired) electrons. The van der Waals surface area contributed by atoms with Gasteiger partial charge in [-0.3, -0.25) is 4.98 Å². The van der Waals surface area contributed by atoms with Crippen LogP contribution in [-0.4, -0.2) is 15.2 Å². The lowest BCUT2D eigenvalue weighted by Gasteiger charge is -2.09. The topological polar surface area (TPSA) is 61.0 Å². The van der Waals surface area contributed by atoms with Gasteiger partial charge in [-0.05, 0) is 47.9 Å². The number of hydrogen-bond donors (Lipinski definition) is 0. The van der Waals surface area contributed by atoms with Gasteiger partial charge in [-0.1, -0.05) is 35.3 Å². The number of nitrogens with zero attached hydrogens (tertiary/aromatic N) is 3. The monoisotopic (exact) mass is 371 g/mol. The minimum Gasteiger partial charge on any atom is -0.488 e. The maximum absolute atomic E-state index is 13.0. The third-order valence-electron chi connectivity index (χ3n) is 3.83. The van der Waals surface area contributed by atoms with E-state index >= 15 is 0 Å². The Kier molecular flexibility index (Phi) is 5.07. The predicted molar refractivity (Wildman–Crippen MR) is 101 cm³/mol. The van der Waals surface area contributed by atoms with E-state index in [1.807, 2.05) is 30.3 Å². The largest absolute Gasteiger partial charge is 0.488 e. The molecule has 0 fully saturated rings. The van der Waals surface area contributed by atoms with Crippen LogP contribution in [0.3, 0.4) is 0 Å². The first-order valence-corrected chi connectivity index (χ1v) is 8.50. The summed E-state index contributed by atoms with van der Waals surface area (Å²) in [6.45, 7) is 0.291. The molecule has 0 aliphatic rings. The van der Waals surface area contributed by atoms with E-state index < -0.39 is 0 Å². The van der Waals surface area contributed by atoms with E-state index in [4.69, 9.17) is 9.15 Å². The van der Waals surface area contributed by atoms with Crippen molar-refractivity contribution in [2.75, 3.05) is 0 Å². The summed E-state index contributed by atoms with van der Waals surface area (Å²) in [6, 6.07) is 17.1. The fourth-order valence-electron chi connectivity index (χ4n) is 2.46. The quantitative estimate of drug-likeness (QED) is 0.502. The van der Waals surface area contributed by atoms with Gasteiger partial charge in [0.2, 0.25) is 0 Å². The molecule has 28 heavy (non-hydrogen) atoms. The van der Waals surface area contributed by atoms with Crippen LogP contribution in [0.5, 0.6) is 5.75 Å². The first kappa shape index (κ1) is 17.4. The van der Waals surface area contributed by atoms with Gasteiger partial charge in [-0.15, -0.1) is 5.10 Å². The van der Waals surface area contributed by atoms with E-state index in [9.17, 15) is 4.39 Å². The second-order valence-electron chi connectivity index (χ2n) is 5.82. The summed E-state index contributed by atoms with van der Waals surface area (Å²) < 4.78 is 24.5. The van der Waals surface area contributed by atoms with Crippen LogP contribution in [-0.2, 0) is 6.61 Å². The van der Waals surface area contributed by atoms with Gasteiger partial charge in [0.1, 0.15) is 18.2 Å². The fraction of sp³-hybridized carbons (Fsp3) is 0.0455. The van der Waals surface area contributed by atoms with Gasteiger partial charge in [-0.25, -0.2) is 4.39 Å². The highest BCUT2D eigenvalue weighted by Gasteiger charge is 2.13. The molecule has 2 aromatic carbocycles. The molecular formula is C22H14FN3O2. The molecule has 0 unspecified atom stereocenters. The molecule has 0 atom stereocenters. The Balaban J connectivity index is 1.53. The van der Waals surface area contributed by atoms with Crippen molar-refractivity contribution in [3.05, 3.63) is 95.9 Å². The molecule has 2 heterocycles. The Hall–Kier alpha value is -3.98. The summed E-state index contributed by atoms with van der Waals surface area (Å²) >= 11 is 0. The van der Waals surface area contributed by atoms with E-state index in [-0.39, 0.29) is 11.7 Å². The van der Waals surface area contributed by atoms with E-state index in [0.717, 1.165) is 11.1 Å². The highest BCUT2D eigenvalue weighted by molar-refractivity contribution is 5.62. The number of pyridine rings is 1. The number of aromatic nitrogens is 3. The molecule has 136 valence electrons. The van der Waals surface area contributed by atoms with Crippen LogP contribution in [0.1, 0.15) is 17.0 Å². The molecule has 0 amide bonds. The van der Waals surface area contributed by atoms with Crippen molar-refractivity contribution in [2.45, 2.75) is 6.61 Å². The Morgan fingerprint density at radius 3 is 2.61 bits per heavy atom. The number of rotatable bonds is 4. The second-order valence-corrected chi connectivity index (χ2v) is 5.82. The Bertz CT molecular complexity index is 1130. The van der Waals surface area contributed by atoms with Crippen LogP contribution in [0.4, 0.5) is 4.39 Å². The zero-order chi connectivity index (χ0) is 19.2. The normalized spacial score (nSPS) is 10.2. The van der Waals surface area contributed by atoms with E-state index in [0.29, 0.717) is 23.8 Å². The van der Waals surface area contributed by atoms with Crippen molar-refractivity contribution in [3.63, 3.8) is 0 Å². The summed E-state index contributed by atoms with van der Waals surface area (Å²) in [6.07, 6.45) is 3.34. The van der Waals surface area contributed by atoms with Crippen LogP contribution in [0.2, 0.25) is 0 Å². The number of hydrogen-bond acceptors (Lipinski definition) is 5. The number of benzene rings is 2. The molecule has 2 aromatic heterocycles. The van der Waals surface area contributed by atoms with Crippen molar-refractivity contribution < 1.29 is 13.5 Å². The average molecular weight is 371 g/mol. The van der Waals surface area contributed by atoms with Crippen LogP contribution in [0.25, 0.3) is 11.5 Å². The lowest BCUT2D eigenvalue weighted by molar-refractivity contribution is 0.306. The van der Waals surface area contributed by atoms with Crippen LogP contribution < -0.4 is 4.74 Å². The number of ether oxygens (including phenoxy) is 1. The van der Waals surface area contributed by atoms with Crippen LogP contribution in [0.15, 0.2) is 77.5 Å². The lowest BCUT2D eigenvalue weighted by atomic mass is 10.2. The highest BCUT2D eigenvalue weighted by atomic mass is 19.1. The highest BCUT2D eigenvalue weighted by Crippen LogP contribution is 2.29. The zero-order valence-electron chi connectivity index (χ0n) is 14.7. The third kappa shape index (κ3) is 4.22. The van der Waals surface area contributed by atoms with Gasteiger partial charge >= 0.3 is 0 Å². The molecule has 0 spiro atoms. The summed E-state index contributed by atoms with van der Waals surface area (Å²) in [5.41, 5.74) is 2.27. The minimum absolute atomic E-state index is 0.201. The van der Waals surface area contributed by atoms with Crippen molar-refractivity contribution in [3.8, 4) is 29.0 Å². The zero-order valence-corrected chi connectivity index (χ0v) is 14.7. The Morgan fingerprint density at radius 2 is 1.79 bits per heavy atom. The molecule has 4 aromatic rings. The van der Waals surface area contributed by atoms with Gasteiger partial charge in [0.25, 0.3) is 11.8 Å². The van der Waals surface area contributed by atoms with Crippen molar-refractivity contribution in [1.82, 2.24) is 15.2 Å². The average Bonchev–Trinajstić information content (AvgIpc) is 3.22. The fourth-order valence-corrected chi connectivity index (χ4v) is 2.46. The molecular weight excluding hydrogens is 357 g/mol. The molecule has 5 nitrogen and oxygen atoms in total. The van der Waals surface area contributed by atoms with Gasteiger partial charge in [0.15, 0.2) is 0 Å². The molecule has 0 saturated carbocycles. The second kappa shape index (κ2) is 8.14. The van der Waals surface area contributed by atoms with Gasteiger partial charge < -0.3 is 9.15 Å². The van der Waals surface area contributed by atoms with E-state index in [1.165, 1.54) is 12.1 Å². The summed E-state index contributed by atoms with van der Waals surface area (Å²) in [4.78, 5) is 4.01. The molecule has 0 N–H and O–H groups in total. The Labute approximate surface area is 160 Å². The van der Waals surface area contributed by atoms with Crippen molar-refractivity contribution >= 4 is 0 Å². The maximum Gasteiger partial charge on any atom is 0.294 e. The van der Waals surface area contributed by atoms with E-state index in [1.54, 1.807) is 30.6 Å². The van der Waals surface area contributed by atoms with Crippen molar-refractivity contribution in [1.29, 1.82) is 0 Å². The predicted octanol–water partition coefficient (Wildman–Crippen LogP) is 4.25. The number of halogens is 1. The van der Waals surface area contributed by atoms with Gasteiger partial charge in [-0.2, -0.15) is 0 Å². The summed E-state index contributed by atoms with van der Waals surface area (Å²) in [5, 5.41) is 8.03. The molecule has 0 aliphatic heterocycles. The SMILES string of the molecule is Fc1ccc(COc2ccccc2-c2nnc(C#Cc3cccnc3)o2)cc1. The molecule has 0 saturated heterocycles. The molecule has 6 heteroatoms. The first-order valence-electron chi connectivity index (χ1n) is 8.50. The molecule has 0 bridgehead atoms. The maximum atomic E-state index is 13.0. The van der Waals surface area contributed by atoms with Crippen LogP contribution in [0, 0.1) is 17.7 Å². The number of para-hydroxylation sites is 1. The lowest BCUT2D eigenvalue weighted by Crippen LogP contribution is -1.97. The molecule has 4 rings (SSSR count).